The lowest BCUT2D eigenvalue weighted by Crippen LogP contribution is -2.39. The largest absolute Gasteiger partial charge is 0.464 e. The number of hydrogen-bond acceptors (Lipinski definition) is 9. The van der Waals surface area contributed by atoms with Gasteiger partial charge in [0.25, 0.3) is 5.69 Å². The van der Waals surface area contributed by atoms with Crippen LogP contribution in [0.3, 0.4) is 0 Å². The number of carbonyl (C=O) groups is 1. The Morgan fingerprint density at radius 2 is 1.90 bits per heavy atom. The van der Waals surface area contributed by atoms with E-state index in [1.807, 2.05) is 13.8 Å². The van der Waals surface area contributed by atoms with E-state index in [2.05, 4.69) is 4.90 Å². The normalized spacial score (nSPS) is 15.8. The highest BCUT2D eigenvalue weighted by molar-refractivity contribution is 8.72. The summed E-state index contributed by atoms with van der Waals surface area (Å²) in [6.07, 6.45) is 0.639. The fourth-order valence-corrected chi connectivity index (χ4v) is 5.22. The third-order valence-electron chi connectivity index (χ3n) is 4.60. The average molecular weight is 447 g/mol. The number of non-ortho nitro benzene ring substituents is 1. The van der Waals surface area contributed by atoms with Gasteiger partial charge in [0.1, 0.15) is 6.61 Å². The Morgan fingerprint density at radius 1 is 1.28 bits per heavy atom. The first kappa shape index (κ1) is 23.6. The second-order valence-electron chi connectivity index (χ2n) is 7.25. The summed E-state index contributed by atoms with van der Waals surface area (Å²) in [4.78, 5) is 24.6. The predicted octanol–water partition coefficient (Wildman–Crippen LogP) is 2.31. The number of morpholine rings is 1. The molecule has 1 aliphatic heterocycles. The monoisotopic (exact) mass is 446 g/mol. The Kier molecular flexibility index (Phi) is 8.44. The zero-order chi connectivity index (χ0) is 21.5. The lowest BCUT2D eigenvalue weighted by Gasteiger charge is -2.30. The first-order valence-corrected chi connectivity index (χ1v) is 12.2. The Labute approximate surface area is 174 Å². The SMILES string of the molecule is CC(C)(CCN1CCOCC1)C(=O)OCCSS(=O)(=O)c1ccc([N+](=O)[O-])cc1. The highest BCUT2D eigenvalue weighted by atomic mass is 33.1. The van der Waals surface area contributed by atoms with Crippen LogP contribution in [0.15, 0.2) is 29.2 Å². The van der Waals surface area contributed by atoms with Crippen LogP contribution in [0, 0.1) is 15.5 Å². The van der Waals surface area contributed by atoms with E-state index in [-0.39, 0.29) is 28.9 Å². The van der Waals surface area contributed by atoms with Crippen LogP contribution in [0.5, 0.6) is 0 Å². The van der Waals surface area contributed by atoms with Crippen LogP contribution >= 0.6 is 10.8 Å². The molecule has 0 spiro atoms. The molecule has 0 N–H and O–H groups in total. The van der Waals surface area contributed by atoms with E-state index in [1.165, 1.54) is 12.1 Å². The van der Waals surface area contributed by atoms with Gasteiger partial charge in [0.15, 0.2) is 0 Å². The van der Waals surface area contributed by atoms with Crippen LogP contribution in [-0.2, 0) is 23.1 Å². The minimum absolute atomic E-state index is 0.0229. The Morgan fingerprint density at radius 3 is 2.48 bits per heavy atom. The smallest absolute Gasteiger partial charge is 0.311 e. The van der Waals surface area contributed by atoms with Crippen LogP contribution in [0.25, 0.3) is 0 Å². The maximum atomic E-state index is 12.3. The van der Waals surface area contributed by atoms with Crippen molar-refractivity contribution in [3.63, 3.8) is 0 Å². The Hall–Kier alpha value is -1.69. The molecule has 1 aromatic rings. The van der Waals surface area contributed by atoms with Gasteiger partial charge >= 0.3 is 5.97 Å². The van der Waals surface area contributed by atoms with Crippen molar-refractivity contribution in [2.75, 3.05) is 45.2 Å². The highest BCUT2D eigenvalue weighted by Crippen LogP contribution is 2.26. The second-order valence-corrected chi connectivity index (χ2v) is 11.3. The van der Waals surface area contributed by atoms with Gasteiger partial charge in [-0.1, -0.05) is 0 Å². The molecule has 0 aromatic heterocycles. The van der Waals surface area contributed by atoms with Crippen molar-refractivity contribution < 1.29 is 27.6 Å². The summed E-state index contributed by atoms with van der Waals surface area (Å²) in [7, 11) is -3.04. The number of nitro groups is 1. The van der Waals surface area contributed by atoms with Crippen molar-refractivity contribution in [3.8, 4) is 0 Å². The summed E-state index contributed by atoms with van der Waals surface area (Å²) >= 11 is 0. The molecule has 0 radical (unpaired) electrons. The molecule has 0 unspecified atom stereocenters. The molecule has 9 nitrogen and oxygen atoms in total. The lowest BCUT2D eigenvalue weighted by atomic mass is 9.89. The minimum atomic E-state index is -3.68. The van der Waals surface area contributed by atoms with Gasteiger partial charge in [-0.3, -0.25) is 19.8 Å². The van der Waals surface area contributed by atoms with Gasteiger partial charge in [-0.2, -0.15) is 0 Å². The van der Waals surface area contributed by atoms with Crippen molar-refractivity contribution in [3.05, 3.63) is 34.4 Å². The molecule has 1 aliphatic rings. The standard InChI is InChI=1S/C18H26N2O7S2/c1-18(2,7-8-19-9-11-26-12-10-19)17(21)27-13-14-28-29(24,25)16-5-3-15(4-6-16)20(22)23/h3-6H,7-14H2,1-2H3. The third-order valence-corrected chi connectivity index (χ3v) is 8.10. The van der Waals surface area contributed by atoms with Crippen molar-refractivity contribution >= 4 is 31.3 Å². The molecular weight excluding hydrogens is 420 g/mol. The predicted molar refractivity (Wildman–Crippen MR) is 109 cm³/mol. The molecule has 11 heteroatoms. The summed E-state index contributed by atoms with van der Waals surface area (Å²) < 4.78 is 35.1. The topological polar surface area (TPSA) is 116 Å². The minimum Gasteiger partial charge on any atom is -0.464 e. The molecule has 0 bridgehead atoms. The van der Waals surface area contributed by atoms with Gasteiger partial charge < -0.3 is 9.47 Å². The zero-order valence-corrected chi connectivity index (χ0v) is 18.2. The second kappa shape index (κ2) is 10.4. The van der Waals surface area contributed by atoms with Crippen molar-refractivity contribution in [2.24, 2.45) is 5.41 Å². The van der Waals surface area contributed by atoms with Gasteiger partial charge in [-0.25, -0.2) is 8.42 Å². The summed E-state index contributed by atoms with van der Waals surface area (Å²) in [5.74, 6) is -0.288. The van der Waals surface area contributed by atoms with Gasteiger partial charge in [0.05, 0.1) is 28.4 Å². The molecule has 0 saturated carbocycles. The molecule has 162 valence electrons. The van der Waals surface area contributed by atoms with Crippen LogP contribution in [0.2, 0.25) is 0 Å². The average Bonchev–Trinajstić information content (AvgIpc) is 2.70. The number of nitro benzene ring substituents is 1. The molecule has 0 aliphatic carbocycles. The Bertz CT molecular complexity index is 804. The third kappa shape index (κ3) is 7.25. The number of nitrogens with zero attached hydrogens (tertiary/aromatic N) is 2. The van der Waals surface area contributed by atoms with E-state index in [1.54, 1.807) is 0 Å². The first-order valence-electron chi connectivity index (χ1n) is 9.23. The summed E-state index contributed by atoms with van der Waals surface area (Å²) in [5.41, 5.74) is -0.845. The van der Waals surface area contributed by atoms with Gasteiger partial charge in [-0.15, -0.1) is 0 Å². The number of esters is 1. The number of ether oxygens (including phenoxy) is 2. The molecule has 0 amide bonds. The summed E-state index contributed by atoms with van der Waals surface area (Å²) in [5, 5.41) is 10.6. The fraction of sp³-hybridized carbons (Fsp3) is 0.611. The van der Waals surface area contributed by atoms with Crippen LogP contribution in [0.1, 0.15) is 20.3 Å². The van der Waals surface area contributed by atoms with Crippen LogP contribution < -0.4 is 0 Å². The maximum Gasteiger partial charge on any atom is 0.311 e. The van der Waals surface area contributed by atoms with Gasteiger partial charge in [0.2, 0.25) is 8.87 Å². The van der Waals surface area contributed by atoms with Crippen LogP contribution in [0.4, 0.5) is 5.69 Å². The molecular formula is C18H26N2O7S2. The Balaban J connectivity index is 1.76. The highest BCUT2D eigenvalue weighted by Gasteiger charge is 2.30. The van der Waals surface area contributed by atoms with Crippen molar-refractivity contribution in [1.29, 1.82) is 0 Å². The quantitative estimate of drug-likeness (QED) is 0.175. The summed E-state index contributed by atoms with van der Waals surface area (Å²) in [6.45, 7) is 7.47. The van der Waals surface area contributed by atoms with Gasteiger partial charge in [-0.05, 0) is 49.7 Å². The molecule has 1 saturated heterocycles. The molecule has 1 fully saturated rings. The van der Waals surface area contributed by atoms with E-state index >= 15 is 0 Å². The van der Waals surface area contributed by atoms with E-state index in [0.717, 1.165) is 31.8 Å². The van der Waals surface area contributed by atoms with Crippen molar-refractivity contribution in [1.82, 2.24) is 4.90 Å². The molecule has 2 rings (SSSR count). The van der Waals surface area contributed by atoms with E-state index in [0.29, 0.717) is 30.4 Å². The van der Waals surface area contributed by atoms with E-state index in [4.69, 9.17) is 9.47 Å². The van der Waals surface area contributed by atoms with Crippen molar-refractivity contribution in [2.45, 2.75) is 25.2 Å². The number of rotatable bonds is 10. The van der Waals surface area contributed by atoms with E-state index in [9.17, 15) is 23.3 Å². The van der Waals surface area contributed by atoms with E-state index < -0.39 is 19.2 Å². The number of carbonyl (C=O) groups excluding carboxylic acids is 1. The van der Waals surface area contributed by atoms with Crippen LogP contribution in [-0.4, -0.2) is 69.4 Å². The number of benzene rings is 1. The molecule has 0 atom stereocenters. The zero-order valence-electron chi connectivity index (χ0n) is 16.5. The molecule has 29 heavy (non-hydrogen) atoms. The molecule has 1 heterocycles. The maximum absolute atomic E-state index is 12.3. The van der Waals surface area contributed by atoms with Gasteiger partial charge in [0, 0.05) is 31.0 Å². The summed E-state index contributed by atoms with van der Waals surface area (Å²) in [6, 6.07) is 4.68. The lowest BCUT2D eigenvalue weighted by molar-refractivity contribution is -0.384. The molecule has 1 aromatic carbocycles. The number of hydrogen-bond donors (Lipinski definition) is 0. The first-order chi connectivity index (χ1) is 13.6. The fourth-order valence-electron chi connectivity index (χ4n) is 2.64.